The lowest BCUT2D eigenvalue weighted by Gasteiger charge is -2.27. The summed E-state index contributed by atoms with van der Waals surface area (Å²) in [6.45, 7) is 1.67. The minimum Gasteiger partial charge on any atom is -0.354 e. The molecule has 0 aliphatic carbocycles. The predicted octanol–water partition coefficient (Wildman–Crippen LogP) is -5.35. The third-order valence-corrected chi connectivity index (χ3v) is 4.47. The van der Waals surface area contributed by atoms with E-state index in [1.165, 1.54) is 4.90 Å². The summed E-state index contributed by atoms with van der Waals surface area (Å²) < 4.78 is 0. The highest BCUT2D eigenvalue weighted by Gasteiger charge is 2.23. The Morgan fingerprint density at radius 3 is 1.21 bits per heavy atom. The molecule has 0 bridgehead atoms. The largest absolute Gasteiger partial charge is 0.354 e. The maximum atomic E-state index is 12.6. The van der Waals surface area contributed by atoms with E-state index in [4.69, 9.17) is 34.4 Å². The second-order valence-corrected chi connectivity index (χ2v) is 6.41. The van der Waals surface area contributed by atoms with Crippen molar-refractivity contribution in [2.24, 2.45) is 52.2 Å². The molecule has 0 saturated heterocycles. The van der Waals surface area contributed by atoms with Crippen LogP contribution in [0.5, 0.6) is 0 Å². The number of hydrogen-bond acceptors (Lipinski definition) is 9. The normalized spacial score (nSPS) is 11.2. The van der Waals surface area contributed by atoms with Crippen LogP contribution < -0.4 is 45.0 Å². The van der Waals surface area contributed by atoms with E-state index in [9.17, 15) is 14.4 Å². The molecule has 3 amide bonds. The molecule has 0 saturated carbocycles. The number of amides is 3. The Balaban J connectivity index is 4.77. The summed E-state index contributed by atoms with van der Waals surface area (Å²) in [6, 6.07) is 0. The van der Waals surface area contributed by atoms with E-state index in [2.05, 4.69) is 10.6 Å². The molecule has 0 spiro atoms. The zero-order valence-corrected chi connectivity index (χ0v) is 16.4. The van der Waals surface area contributed by atoms with Crippen LogP contribution in [0.15, 0.2) is 0 Å². The van der Waals surface area contributed by atoms with Crippen LogP contribution in [-0.2, 0) is 14.4 Å². The molecule has 0 heterocycles. The highest BCUT2D eigenvalue weighted by molar-refractivity contribution is 5.81. The molecule has 12 nitrogen and oxygen atoms in total. The molecule has 164 valence electrons. The van der Waals surface area contributed by atoms with Crippen molar-refractivity contribution in [1.29, 1.82) is 0 Å². The van der Waals surface area contributed by atoms with Gasteiger partial charge in [-0.15, -0.1) is 0 Å². The molecule has 0 aliphatic heterocycles. The van der Waals surface area contributed by atoms with Gasteiger partial charge in [0.1, 0.15) is 0 Å². The molecule has 28 heavy (non-hydrogen) atoms. The number of hydrogen-bond donors (Lipinski definition) is 8. The van der Waals surface area contributed by atoms with Crippen molar-refractivity contribution in [2.75, 3.05) is 65.4 Å². The van der Waals surface area contributed by atoms with E-state index in [0.717, 1.165) is 0 Å². The van der Waals surface area contributed by atoms with E-state index < -0.39 is 17.8 Å². The quantitative estimate of drug-likeness (QED) is 0.130. The van der Waals surface area contributed by atoms with Gasteiger partial charge in [0.25, 0.3) is 0 Å². The zero-order valence-electron chi connectivity index (χ0n) is 16.4. The van der Waals surface area contributed by atoms with E-state index in [1.807, 2.05) is 0 Å². The lowest BCUT2D eigenvalue weighted by Crippen LogP contribution is -2.49. The Hall–Kier alpha value is -1.83. The van der Waals surface area contributed by atoms with E-state index in [1.54, 1.807) is 0 Å². The maximum absolute atomic E-state index is 12.6. The fourth-order valence-electron chi connectivity index (χ4n) is 2.43. The Bertz CT molecular complexity index is 436. The van der Waals surface area contributed by atoms with Crippen molar-refractivity contribution in [1.82, 2.24) is 15.5 Å². The number of rotatable bonds is 15. The molecule has 0 unspecified atom stereocenters. The van der Waals surface area contributed by atoms with Crippen LogP contribution in [0.25, 0.3) is 0 Å². The van der Waals surface area contributed by atoms with Crippen LogP contribution in [0.4, 0.5) is 0 Å². The molecule has 0 aromatic carbocycles. The van der Waals surface area contributed by atoms with E-state index >= 15 is 0 Å². The molecule has 0 atom stereocenters. The van der Waals surface area contributed by atoms with Gasteiger partial charge in [-0.25, -0.2) is 0 Å². The molecule has 0 aromatic heterocycles. The van der Waals surface area contributed by atoms with Gasteiger partial charge in [-0.05, 0) is 0 Å². The fourth-order valence-corrected chi connectivity index (χ4v) is 2.43. The second kappa shape index (κ2) is 15.1. The molecule has 14 N–H and O–H groups in total. The fraction of sp³-hybridized carbons (Fsp3) is 0.812. The first-order chi connectivity index (χ1) is 13.4. The highest BCUT2D eigenvalue weighted by Crippen LogP contribution is 2.01. The minimum absolute atomic E-state index is 0.107. The molecule has 0 fully saturated rings. The highest BCUT2D eigenvalue weighted by atomic mass is 16.2. The van der Waals surface area contributed by atoms with Crippen LogP contribution in [0.3, 0.4) is 0 Å². The summed E-state index contributed by atoms with van der Waals surface area (Å²) in [5.74, 6) is -2.27. The summed E-state index contributed by atoms with van der Waals surface area (Å²) in [5, 5.41) is 5.41. The SMILES string of the molecule is NCC(CN)C(=O)NCCN(CCNC(=O)C(CN)CN)C(=O)C(CN)CN. The molecule has 0 radical (unpaired) electrons. The first-order valence-corrected chi connectivity index (χ1v) is 9.44. The minimum atomic E-state index is -0.534. The number of carbonyl (C=O) groups is 3. The molecular formula is C16H37N9O3. The van der Waals surface area contributed by atoms with Gasteiger partial charge < -0.3 is 49.9 Å². The van der Waals surface area contributed by atoms with Crippen molar-refractivity contribution in [2.45, 2.75) is 0 Å². The van der Waals surface area contributed by atoms with Gasteiger partial charge in [0.15, 0.2) is 0 Å². The van der Waals surface area contributed by atoms with E-state index in [0.29, 0.717) is 0 Å². The average molecular weight is 404 g/mol. The smallest absolute Gasteiger partial charge is 0.228 e. The summed E-state index contributed by atoms with van der Waals surface area (Å²) in [7, 11) is 0. The zero-order chi connectivity index (χ0) is 21.5. The lowest BCUT2D eigenvalue weighted by molar-refractivity contribution is -0.135. The Labute approximate surface area is 166 Å². The Morgan fingerprint density at radius 1 is 0.607 bits per heavy atom. The molecular weight excluding hydrogens is 366 g/mol. The van der Waals surface area contributed by atoms with Crippen LogP contribution in [0, 0.1) is 17.8 Å². The van der Waals surface area contributed by atoms with Crippen LogP contribution in [0.1, 0.15) is 0 Å². The first-order valence-electron chi connectivity index (χ1n) is 9.44. The number of nitrogens with two attached hydrogens (primary N) is 6. The maximum Gasteiger partial charge on any atom is 0.228 e. The summed E-state index contributed by atoms with van der Waals surface area (Å²) >= 11 is 0. The first kappa shape index (κ1) is 26.2. The summed E-state index contributed by atoms with van der Waals surface area (Å²) in [4.78, 5) is 38.0. The van der Waals surface area contributed by atoms with Crippen LogP contribution in [0.2, 0.25) is 0 Å². The van der Waals surface area contributed by atoms with Crippen molar-refractivity contribution >= 4 is 17.7 Å². The third-order valence-electron chi connectivity index (χ3n) is 4.47. The van der Waals surface area contributed by atoms with Crippen molar-refractivity contribution in [3.8, 4) is 0 Å². The monoisotopic (exact) mass is 403 g/mol. The van der Waals surface area contributed by atoms with Gasteiger partial charge in [-0.3, -0.25) is 14.4 Å². The molecule has 12 heteroatoms. The van der Waals surface area contributed by atoms with Crippen LogP contribution in [-0.4, -0.2) is 88.1 Å². The summed E-state index contributed by atoms with van der Waals surface area (Å²) in [5.41, 5.74) is 33.2. The van der Waals surface area contributed by atoms with Crippen molar-refractivity contribution in [3.05, 3.63) is 0 Å². The van der Waals surface area contributed by atoms with Gasteiger partial charge >= 0.3 is 0 Å². The van der Waals surface area contributed by atoms with Gasteiger partial charge in [0, 0.05) is 65.4 Å². The summed E-state index contributed by atoms with van der Waals surface area (Å²) in [6.07, 6.45) is 0. The van der Waals surface area contributed by atoms with E-state index in [-0.39, 0.29) is 83.2 Å². The van der Waals surface area contributed by atoms with Crippen LogP contribution >= 0.6 is 0 Å². The van der Waals surface area contributed by atoms with Gasteiger partial charge in [0.05, 0.1) is 17.8 Å². The standard InChI is InChI=1S/C16H37N9O3/c17-5-11(6-18)14(26)23-1-3-25(16(28)13(9-21)10-22)4-2-24-15(27)12(7-19)8-20/h11-13H,1-10,17-22H2,(H,23,26)(H,24,27). The number of carbonyl (C=O) groups excluding carboxylic acids is 3. The van der Waals surface area contributed by atoms with Crippen molar-refractivity contribution < 1.29 is 14.4 Å². The predicted molar refractivity (Wildman–Crippen MR) is 107 cm³/mol. The molecule has 0 aliphatic rings. The van der Waals surface area contributed by atoms with Gasteiger partial charge in [-0.2, -0.15) is 0 Å². The topological polar surface area (TPSA) is 235 Å². The van der Waals surface area contributed by atoms with Gasteiger partial charge in [-0.1, -0.05) is 0 Å². The average Bonchev–Trinajstić information content (AvgIpc) is 2.69. The Morgan fingerprint density at radius 2 is 0.929 bits per heavy atom. The second-order valence-electron chi connectivity index (χ2n) is 6.41. The molecule has 0 aromatic rings. The lowest BCUT2D eigenvalue weighted by atomic mass is 10.1. The molecule has 0 rings (SSSR count). The van der Waals surface area contributed by atoms with Crippen molar-refractivity contribution in [3.63, 3.8) is 0 Å². The number of nitrogens with zero attached hydrogens (tertiary/aromatic N) is 1. The Kier molecular flexibility index (Phi) is 14.1. The van der Waals surface area contributed by atoms with Gasteiger partial charge in [0.2, 0.25) is 17.7 Å². The third kappa shape index (κ3) is 8.91. The number of nitrogens with one attached hydrogen (secondary N) is 2.